The largest absolute Gasteiger partial charge is 0.398 e. The summed E-state index contributed by atoms with van der Waals surface area (Å²) >= 11 is 5.84. The Hall–Kier alpha value is -0.860. The van der Waals surface area contributed by atoms with Crippen LogP contribution in [0.2, 0.25) is 5.02 Å². The van der Waals surface area contributed by atoms with Crippen molar-refractivity contribution in [3.63, 3.8) is 0 Å². The van der Waals surface area contributed by atoms with Gasteiger partial charge in [-0.2, -0.15) is 0 Å². The molecular weight excluding hydrogens is 302 g/mol. The maximum atomic E-state index is 12.1. The normalized spacial score (nSPS) is 21.0. The Morgan fingerprint density at radius 2 is 2.30 bits per heavy atom. The van der Waals surface area contributed by atoms with Crippen molar-refractivity contribution in [3.05, 3.63) is 23.2 Å². The fourth-order valence-corrected chi connectivity index (χ4v) is 3.29. The van der Waals surface area contributed by atoms with E-state index >= 15 is 0 Å². The van der Waals surface area contributed by atoms with Crippen LogP contribution < -0.4 is 10.5 Å². The lowest BCUT2D eigenvalue weighted by molar-refractivity contribution is -0.0156. The van der Waals surface area contributed by atoms with Crippen molar-refractivity contribution < 1.29 is 13.2 Å². The summed E-state index contributed by atoms with van der Waals surface area (Å²) in [6.07, 6.45) is -0.146. The van der Waals surface area contributed by atoms with Crippen molar-refractivity contribution in [2.24, 2.45) is 0 Å². The summed E-state index contributed by atoms with van der Waals surface area (Å²) in [7, 11) is -1.63. The average molecular weight is 320 g/mol. The van der Waals surface area contributed by atoms with E-state index in [1.807, 2.05) is 7.05 Å². The van der Waals surface area contributed by atoms with Gasteiger partial charge in [-0.15, -0.1) is 0 Å². The van der Waals surface area contributed by atoms with Crippen LogP contribution in [-0.2, 0) is 14.8 Å². The third-order valence-corrected chi connectivity index (χ3v) is 4.87. The Kier molecular flexibility index (Phi) is 4.87. The number of hydrogen-bond acceptors (Lipinski definition) is 5. The van der Waals surface area contributed by atoms with Gasteiger partial charge in [0.1, 0.15) is 0 Å². The summed E-state index contributed by atoms with van der Waals surface area (Å²) in [5.74, 6) is 0. The van der Waals surface area contributed by atoms with Gasteiger partial charge in [0.15, 0.2) is 0 Å². The van der Waals surface area contributed by atoms with Gasteiger partial charge in [0, 0.05) is 19.6 Å². The van der Waals surface area contributed by atoms with Crippen molar-refractivity contribution in [2.45, 2.75) is 11.0 Å². The molecule has 1 fully saturated rings. The van der Waals surface area contributed by atoms with Gasteiger partial charge in [0.25, 0.3) is 0 Å². The second-order valence-corrected chi connectivity index (χ2v) is 6.96. The monoisotopic (exact) mass is 319 g/mol. The van der Waals surface area contributed by atoms with E-state index in [9.17, 15) is 8.42 Å². The van der Waals surface area contributed by atoms with E-state index in [0.29, 0.717) is 18.8 Å². The molecular formula is C12H18ClN3O3S. The molecule has 0 radical (unpaired) electrons. The van der Waals surface area contributed by atoms with Crippen molar-refractivity contribution in [3.8, 4) is 0 Å². The topological polar surface area (TPSA) is 84.7 Å². The zero-order valence-corrected chi connectivity index (χ0v) is 12.7. The highest BCUT2D eigenvalue weighted by molar-refractivity contribution is 7.89. The summed E-state index contributed by atoms with van der Waals surface area (Å²) in [6, 6.07) is 4.24. The minimum absolute atomic E-state index is 0.0980. The molecule has 1 atom stereocenters. The van der Waals surface area contributed by atoms with Crippen LogP contribution in [0.15, 0.2) is 23.1 Å². The van der Waals surface area contributed by atoms with Gasteiger partial charge >= 0.3 is 0 Å². The van der Waals surface area contributed by atoms with E-state index in [1.54, 1.807) is 0 Å². The van der Waals surface area contributed by atoms with E-state index in [4.69, 9.17) is 22.1 Å². The van der Waals surface area contributed by atoms with Gasteiger partial charge in [0.05, 0.1) is 28.3 Å². The highest BCUT2D eigenvalue weighted by Crippen LogP contribution is 2.22. The van der Waals surface area contributed by atoms with Gasteiger partial charge in [-0.1, -0.05) is 11.6 Å². The first-order valence-electron chi connectivity index (χ1n) is 6.23. The smallest absolute Gasteiger partial charge is 0.240 e. The number of hydrogen-bond donors (Lipinski definition) is 2. The number of nitrogens with zero attached hydrogens (tertiary/aromatic N) is 1. The first kappa shape index (κ1) is 15.5. The van der Waals surface area contributed by atoms with Crippen molar-refractivity contribution in [2.75, 3.05) is 39.0 Å². The third-order valence-electron chi connectivity index (χ3n) is 3.13. The molecule has 0 bridgehead atoms. The molecule has 20 heavy (non-hydrogen) atoms. The number of morpholine rings is 1. The molecule has 0 aliphatic carbocycles. The van der Waals surface area contributed by atoms with Crippen LogP contribution in [0.4, 0.5) is 5.69 Å². The molecule has 2 rings (SSSR count). The first-order chi connectivity index (χ1) is 9.38. The zero-order valence-electron chi connectivity index (χ0n) is 11.2. The number of nitrogens with two attached hydrogens (primary N) is 1. The van der Waals surface area contributed by atoms with Crippen LogP contribution in [0, 0.1) is 0 Å². The van der Waals surface area contributed by atoms with E-state index in [1.165, 1.54) is 18.2 Å². The van der Waals surface area contributed by atoms with Crippen molar-refractivity contribution in [1.82, 2.24) is 9.62 Å². The quantitative estimate of drug-likeness (QED) is 0.791. The number of benzene rings is 1. The molecule has 1 aromatic carbocycles. The Balaban J connectivity index is 2.01. The summed E-state index contributed by atoms with van der Waals surface area (Å²) in [5, 5.41) is 0.224. The van der Waals surface area contributed by atoms with Crippen LogP contribution in [0.1, 0.15) is 0 Å². The lowest BCUT2D eigenvalue weighted by Crippen LogP contribution is -2.45. The maximum absolute atomic E-state index is 12.1. The van der Waals surface area contributed by atoms with Gasteiger partial charge in [-0.05, 0) is 25.2 Å². The Bertz CT molecular complexity index is 579. The molecule has 112 valence electrons. The minimum Gasteiger partial charge on any atom is -0.398 e. The summed E-state index contributed by atoms with van der Waals surface area (Å²) in [5.41, 5.74) is 5.92. The molecule has 1 aromatic rings. The number of likely N-dealkylation sites (N-methyl/N-ethyl adjacent to an activating group) is 1. The fourth-order valence-electron chi connectivity index (χ4n) is 1.95. The number of ether oxygens (including phenoxy) is 1. The number of sulfonamides is 1. The van der Waals surface area contributed by atoms with E-state index in [2.05, 4.69) is 9.62 Å². The molecule has 1 unspecified atom stereocenters. The molecule has 0 spiro atoms. The van der Waals surface area contributed by atoms with Gasteiger partial charge in [-0.3, -0.25) is 0 Å². The molecule has 8 heteroatoms. The van der Waals surface area contributed by atoms with E-state index in [0.717, 1.165) is 6.54 Å². The SMILES string of the molecule is CN1CCOC(CNS(=O)(=O)c2ccc(N)c(Cl)c2)C1. The molecule has 6 nitrogen and oxygen atoms in total. The Morgan fingerprint density at radius 1 is 1.55 bits per heavy atom. The Morgan fingerprint density at radius 3 is 2.95 bits per heavy atom. The van der Waals surface area contributed by atoms with Crippen molar-refractivity contribution >= 4 is 27.3 Å². The summed E-state index contributed by atoms with van der Waals surface area (Å²) in [4.78, 5) is 2.20. The molecule has 1 aliphatic rings. The van der Waals surface area contributed by atoms with Crippen LogP contribution in [0.5, 0.6) is 0 Å². The van der Waals surface area contributed by atoms with Gasteiger partial charge < -0.3 is 15.4 Å². The van der Waals surface area contributed by atoms with E-state index < -0.39 is 10.0 Å². The lowest BCUT2D eigenvalue weighted by atomic mass is 10.3. The number of nitrogen functional groups attached to an aromatic ring is 1. The predicted molar refractivity (Wildman–Crippen MR) is 78.3 cm³/mol. The van der Waals surface area contributed by atoms with Crippen LogP contribution in [-0.4, -0.2) is 52.7 Å². The molecule has 1 heterocycles. The van der Waals surface area contributed by atoms with Gasteiger partial charge in [0.2, 0.25) is 10.0 Å². The summed E-state index contributed by atoms with van der Waals surface area (Å²) in [6.45, 7) is 2.40. The number of halogens is 1. The van der Waals surface area contributed by atoms with Crippen LogP contribution >= 0.6 is 11.6 Å². The molecule has 0 saturated carbocycles. The Labute approximate surface area is 123 Å². The van der Waals surface area contributed by atoms with Crippen molar-refractivity contribution in [1.29, 1.82) is 0 Å². The highest BCUT2D eigenvalue weighted by Gasteiger charge is 2.21. The average Bonchev–Trinajstić information content (AvgIpc) is 2.40. The predicted octanol–water partition coefficient (Wildman–Crippen LogP) is 0.531. The van der Waals surface area contributed by atoms with Crippen LogP contribution in [0.3, 0.4) is 0 Å². The fraction of sp³-hybridized carbons (Fsp3) is 0.500. The van der Waals surface area contributed by atoms with Crippen LogP contribution in [0.25, 0.3) is 0 Å². The molecule has 3 N–H and O–H groups in total. The number of anilines is 1. The standard InChI is InChI=1S/C12H18ClN3O3S/c1-16-4-5-19-9(8-16)7-15-20(17,18)10-2-3-12(14)11(13)6-10/h2-3,6,9,15H,4-5,7-8,14H2,1H3. The van der Waals surface area contributed by atoms with E-state index in [-0.39, 0.29) is 22.6 Å². The number of rotatable bonds is 4. The molecule has 1 aliphatic heterocycles. The molecule has 0 amide bonds. The third kappa shape index (κ3) is 3.83. The number of nitrogens with one attached hydrogen (secondary N) is 1. The second-order valence-electron chi connectivity index (χ2n) is 4.79. The minimum atomic E-state index is -3.60. The second kappa shape index (κ2) is 6.28. The molecule has 1 saturated heterocycles. The molecule has 0 aromatic heterocycles. The maximum Gasteiger partial charge on any atom is 0.240 e. The summed E-state index contributed by atoms with van der Waals surface area (Å²) < 4.78 is 32.3. The van der Waals surface area contributed by atoms with Gasteiger partial charge in [-0.25, -0.2) is 13.1 Å². The lowest BCUT2D eigenvalue weighted by Gasteiger charge is -2.30. The first-order valence-corrected chi connectivity index (χ1v) is 8.09. The zero-order chi connectivity index (χ0) is 14.8. The highest BCUT2D eigenvalue weighted by atomic mass is 35.5.